The molecule has 0 spiro atoms. The van der Waals surface area contributed by atoms with E-state index in [1.54, 1.807) is 4.90 Å². The smallest absolute Gasteiger partial charge is 0.325 e. The molecule has 2 fully saturated rings. The second-order valence-corrected chi connectivity index (χ2v) is 7.93. The molecule has 29 heavy (non-hydrogen) atoms. The van der Waals surface area contributed by atoms with Crippen molar-refractivity contribution in [2.45, 2.75) is 51.0 Å². The predicted octanol–water partition coefficient (Wildman–Crippen LogP) is 2.38. The molecule has 0 saturated carbocycles. The summed E-state index contributed by atoms with van der Waals surface area (Å²) in [6.07, 6.45) is 2.83. The van der Waals surface area contributed by atoms with Crippen LogP contribution in [0.4, 0.5) is 4.79 Å². The largest absolute Gasteiger partial charge is 0.342 e. The maximum Gasteiger partial charge on any atom is 0.325 e. The molecule has 1 aromatic heterocycles. The van der Waals surface area contributed by atoms with Gasteiger partial charge in [-0.1, -0.05) is 26.0 Å². The van der Waals surface area contributed by atoms with Crippen LogP contribution < -0.4 is 5.32 Å². The number of nitrogens with zero attached hydrogens (tertiary/aromatic N) is 3. The Balaban J connectivity index is 1.45. The molecule has 1 unspecified atom stereocenters. The SMILES string of the molecule is CCC1(CC)NC(=O)N(CC(=O)N2CCCC(c3nc4ccccc4[nH]3)C2)C1=O. The first-order valence-corrected chi connectivity index (χ1v) is 10.3. The molecule has 2 N–H and O–H groups in total. The zero-order chi connectivity index (χ0) is 20.6. The lowest BCUT2D eigenvalue weighted by Crippen LogP contribution is -2.48. The number of nitrogens with one attached hydrogen (secondary N) is 2. The van der Waals surface area contributed by atoms with E-state index in [-0.39, 0.29) is 24.3 Å². The van der Waals surface area contributed by atoms with Crippen molar-refractivity contribution in [1.82, 2.24) is 25.1 Å². The van der Waals surface area contributed by atoms with Crippen LogP contribution in [0, 0.1) is 0 Å². The highest BCUT2D eigenvalue weighted by Gasteiger charge is 2.49. The van der Waals surface area contributed by atoms with Crippen molar-refractivity contribution in [3.8, 4) is 0 Å². The summed E-state index contributed by atoms with van der Waals surface area (Å²) >= 11 is 0. The molecule has 2 saturated heterocycles. The summed E-state index contributed by atoms with van der Waals surface area (Å²) in [5, 5.41) is 2.78. The van der Waals surface area contributed by atoms with Gasteiger partial charge in [0.05, 0.1) is 11.0 Å². The summed E-state index contributed by atoms with van der Waals surface area (Å²) in [6.45, 7) is 4.70. The van der Waals surface area contributed by atoms with Gasteiger partial charge in [0.15, 0.2) is 0 Å². The second-order valence-electron chi connectivity index (χ2n) is 7.93. The molecule has 0 radical (unpaired) electrons. The zero-order valence-electron chi connectivity index (χ0n) is 16.9. The third-order valence-electron chi connectivity index (χ3n) is 6.31. The first-order valence-electron chi connectivity index (χ1n) is 10.3. The Kier molecular flexibility index (Phi) is 5.02. The van der Waals surface area contributed by atoms with Gasteiger partial charge in [-0.2, -0.15) is 0 Å². The number of piperidine rings is 1. The number of imidazole rings is 1. The standard InChI is InChI=1S/C21H27N5O3/c1-3-21(4-2)19(28)26(20(29)24-21)13-17(27)25-11-7-8-14(12-25)18-22-15-9-5-6-10-16(15)23-18/h5-6,9-10,14H,3-4,7-8,11-13H2,1-2H3,(H,22,23)(H,24,29). The quantitative estimate of drug-likeness (QED) is 0.757. The van der Waals surface area contributed by atoms with Gasteiger partial charge in [-0.15, -0.1) is 0 Å². The molecule has 2 aliphatic rings. The third kappa shape index (κ3) is 3.36. The molecule has 0 aliphatic carbocycles. The lowest BCUT2D eigenvalue weighted by molar-refractivity contribution is -0.139. The van der Waals surface area contributed by atoms with E-state index in [1.807, 2.05) is 38.1 Å². The number of hydrogen-bond acceptors (Lipinski definition) is 4. The fraction of sp³-hybridized carbons (Fsp3) is 0.524. The summed E-state index contributed by atoms with van der Waals surface area (Å²) in [6, 6.07) is 7.40. The van der Waals surface area contributed by atoms with E-state index >= 15 is 0 Å². The van der Waals surface area contributed by atoms with Crippen molar-refractivity contribution in [2.24, 2.45) is 0 Å². The van der Waals surface area contributed by atoms with Gasteiger partial charge in [-0.05, 0) is 37.8 Å². The second kappa shape index (κ2) is 7.50. The van der Waals surface area contributed by atoms with Crippen LogP contribution in [0.1, 0.15) is 51.3 Å². The molecule has 154 valence electrons. The van der Waals surface area contributed by atoms with E-state index in [1.165, 1.54) is 0 Å². The van der Waals surface area contributed by atoms with Crippen LogP contribution in [0.25, 0.3) is 11.0 Å². The first-order chi connectivity index (χ1) is 14.0. The minimum Gasteiger partial charge on any atom is -0.342 e. The number of amides is 4. The summed E-state index contributed by atoms with van der Waals surface area (Å²) < 4.78 is 0. The van der Waals surface area contributed by atoms with Crippen LogP contribution in [0.3, 0.4) is 0 Å². The lowest BCUT2D eigenvalue weighted by atomic mass is 9.93. The molecule has 1 aromatic carbocycles. The van der Waals surface area contributed by atoms with Gasteiger partial charge in [0.2, 0.25) is 5.91 Å². The van der Waals surface area contributed by atoms with Crippen molar-refractivity contribution in [1.29, 1.82) is 0 Å². The molecule has 4 rings (SSSR count). The Hall–Kier alpha value is -2.90. The Labute approximate surface area is 169 Å². The van der Waals surface area contributed by atoms with Gasteiger partial charge < -0.3 is 15.2 Å². The van der Waals surface area contributed by atoms with Crippen LogP contribution in [-0.4, -0.2) is 62.8 Å². The number of carbonyl (C=O) groups is 3. The van der Waals surface area contributed by atoms with Crippen molar-refractivity contribution < 1.29 is 14.4 Å². The van der Waals surface area contributed by atoms with Crippen LogP contribution >= 0.6 is 0 Å². The molecular formula is C21H27N5O3. The molecule has 1 atom stereocenters. The number of imide groups is 1. The molecule has 2 aromatic rings. The van der Waals surface area contributed by atoms with Gasteiger partial charge in [-0.25, -0.2) is 9.78 Å². The monoisotopic (exact) mass is 397 g/mol. The number of aromatic nitrogens is 2. The number of urea groups is 1. The number of fused-ring (bicyclic) bond motifs is 1. The van der Waals surface area contributed by atoms with Crippen LogP contribution in [0.2, 0.25) is 0 Å². The molecule has 3 heterocycles. The maximum absolute atomic E-state index is 12.9. The van der Waals surface area contributed by atoms with E-state index in [0.717, 1.165) is 34.6 Å². The van der Waals surface area contributed by atoms with Crippen molar-refractivity contribution in [2.75, 3.05) is 19.6 Å². The van der Waals surface area contributed by atoms with E-state index in [0.29, 0.717) is 25.9 Å². The normalized spacial score (nSPS) is 21.7. The summed E-state index contributed by atoms with van der Waals surface area (Å²) in [4.78, 5) is 48.8. The van der Waals surface area contributed by atoms with Crippen molar-refractivity contribution >= 4 is 28.9 Å². The van der Waals surface area contributed by atoms with Gasteiger partial charge >= 0.3 is 6.03 Å². The summed E-state index contributed by atoms with van der Waals surface area (Å²) in [5.41, 5.74) is 1.03. The average molecular weight is 397 g/mol. The lowest BCUT2D eigenvalue weighted by Gasteiger charge is -2.32. The minimum atomic E-state index is -0.879. The predicted molar refractivity (Wildman–Crippen MR) is 108 cm³/mol. The average Bonchev–Trinajstić information content (AvgIpc) is 3.28. The molecule has 2 aliphatic heterocycles. The van der Waals surface area contributed by atoms with E-state index in [4.69, 9.17) is 0 Å². The highest BCUT2D eigenvalue weighted by atomic mass is 16.2. The number of aromatic amines is 1. The number of benzene rings is 1. The molecule has 4 amide bonds. The van der Waals surface area contributed by atoms with Gasteiger partial charge in [0, 0.05) is 19.0 Å². The Morgan fingerprint density at radius 1 is 1.24 bits per heavy atom. The van der Waals surface area contributed by atoms with Crippen molar-refractivity contribution in [3.05, 3.63) is 30.1 Å². The van der Waals surface area contributed by atoms with Crippen molar-refractivity contribution in [3.63, 3.8) is 0 Å². The summed E-state index contributed by atoms with van der Waals surface area (Å²) in [5.74, 6) is 0.507. The third-order valence-corrected chi connectivity index (χ3v) is 6.31. The molecule has 8 nitrogen and oxygen atoms in total. The first kappa shape index (κ1) is 19.4. The Morgan fingerprint density at radius 3 is 2.69 bits per heavy atom. The number of rotatable bonds is 5. The fourth-order valence-electron chi connectivity index (χ4n) is 4.38. The van der Waals surface area contributed by atoms with E-state index in [2.05, 4.69) is 15.3 Å². The molecule has 8 heteroatoms. The number of carbonyl (C=O) groups excluding carboxylic acids is 3. The molecule has 0 bridgehead atoms. The number of hydrogen-bond donors (Lipinski definition) is 2. The zero-order valence-corrected chi connectivity index (χ0v) is 16.9. The van der Waals surface area contributed by atoms with E-state index in [9.17, 15) is 14.4 Å². The molecular weight excluding hydrogens is 370 g/mol. The van der Waals surface area contributed by atoms with Crippen LogP contribution in [0.15, 0.2) is 24.3 Å². The number of para-hydroxylation sites is 2. The highest BCUT2D eigenvalue weighted by molar-refractivity contribution is 6.09. The number of H-pyrrole nitrogens is 1. The Bertz CT molecular complexity index is 916. The van der Waals surface area contributed by atoms with Gasteiger partial charge in [0.1, 0.15) is 17.9 Å². The Morgan fingerprint density at radius 2 is 2.00 bits per heavy atom. The topological polar surface area (TPSA) is 98.4 Å². The maximum atomic E-state index is 12.9. The van der Waals surface area contributed by atoms with Crippen LogP contribution in [-0.2, 0) is 9.59 Å². The van der Waals surface area contributed by atoms with E-state index < -0.39 is 11.6 Å². The highest BCUT2D eigenvalue weighted by Crippen LogP contribution is 2.28. The fourth-order valence-corrected chi connectivity index (χ4v) is 4.38. The number of likely N-dealkylation sites (tertiary alicyclic amines) is 1. The van der Waals surface area contributed by atoms with Gasteiger partial charge in [-0.3, -0.25) is 14.5 Å². The minimum absolute atomic E-state index is 0.119. The van der Waals surface area contributed by atoms with Gasteiger partial charge in [0.25, 0.3) is 5.91 Å². The van der Waals surface area contributed by atoms with Crippen LogP contribution in [0.5, 0.6) is 0 Å². The summed E-state index contributed by atoms with van der Waals surface area (Å²) in [7, 11) is 0.